The molecule has 0 saturated heterocycles. The smallest absolute Gasteiger partial charge is 0.176 e. The Labute approximate surface area is 179 Å². The van der Waals surface area contributed by atoms with Gasteiger partial charge in [0.05, 0.1) is 28.8 Å². The van der Waals surface area contributed by atoms with E-state index in [0.29, 0.717) is 5.69 Å². The van der Waals surface area contributed by atoms with Crippen molar-refractivity contribution >= 4 is 33.4 Å². The van der Waals surface area contributed by atoms with Gasteiger partial charge in [-0.25, -0.2) is 15.0 Å². The summed E-state index contributed by atoms with van der Waals surface area (Å²) in [5.74, 6) is 0.920. The standard InChI is InChI=1S/C22H16FN7S/c1-11-25-10-17(30(11)2)14-3-4-15-20(26-14)21(29-28-15)16-9-13-12(7-8-24-22(13)27-16)18-5-6-19(23)31-18/h3-10H,1-2H3,(H,24,27)(H,28,29). The number of hydrogen-bond acceptors (Lipinski definition) is 5. The number of nitrogens with one attached hydrogen (secondary N) is 2. The van der Waals surface area contributed by atoms with Crippen molar-refractivity contribution in [2.45, 2.75) is 6.92 Å². The fourth-order valence-corrected chi connectivity index (χ4v) is 4.57. The zero-order valence-corrected chi connectivity index (χ0v) is 17.5. The lowest BCUT2D eigenvalue weighted by Crippen LogP contribution is -1.96. The Bertz CT molecular complexity index is 1590. The van der Waals surface area contributed by atoms with Gasteiger partial charge >= 0.3 is 0 Å². The van der Waals surface area contributed by atoms with Gasteiger partial charge in [0.15, 0.2) is 5.13 Å². The molecule has 0 aliphatic rings. The highest BCUT2D eigenvalue weighted by Gasteiger charge is 2.17. The van der Waals surface area contributed by atoms with Crippen LogP contribution in [0.3, 0.4) is 0 Å². The van der Waals surface area contributed by atoms with Crippen LogP contribution in [0.1, 0.15) is 5.82 Å². The van der Waals surface area contributed by atoms with Gasteiger partial charge < -0.3 is 9.55 Å². The average molecular weight is 429 g/mol. The number of nitrogens with zero attached hydrogens (tertiary/aromatic N) is 5. The minimum absolute atomic E-state index is 0.212. The minimum Gasteiger partial charge on any atom is -0.338 e. The summed E-state index contributed by atoms with van der Waals surface area (Å²) in [5.41, 5.74) is 6.50. The number of H-pyrrole nitrogens is 2. The van der Waals surface area contributed by atoms with E-state index in [2.05, 4.69) is 25.1 Å². The molecular weight excluding hydrogens is 413 g/mol. The first-order chi connectivity index (χ1) is 15.1. The van der Waals surface area contributed by atoms with Crippen LogP contribution in [-0.2, 0) is 7.05 Å². The van der Waals surface area contributed by atoms with Crippen molar-refractivity contribution < 1.29 is 4.39 Å². The van der Waals surface area contributed by atoms with Gasteiger partial charge in [-0.15, -0.1) is 11.3 Å². The molecule has 0 unspecified atom stereocenters. The largest absolute Gasteiger partial charge is 0.338 e. The first-order valence-electron chi connectivity index (χ1n) is 9.66. The summed E-state index contributed by atoms with van der Waals surface area (Å²) in [6, 6.07) is 11.1. The summed E-state index contributed by atoms with van der Waals surface area (Å²) in [6.45, 7) is 1.96. The second-order valence-electron chi connectivity index (χ2n) is 7.32. The molecule has 0 aromatic carbocycles. The zero-order valence-electron chi connectivity index (χ0n) is 16.6. The molecule has 9 heteroatoms. The maximum absolute atomic E-state index is 13.6. The number of rotatable bonds is 3. The number of aromatic nitrogens is 7. The number of aryl methyl sites for hydroxylation is 1. The van der Waals surface area contributed by atoms with E-state index in [-0.39, 0.29) is 5.13 Å². The Hall–Kier alpha value is -3.85. The lowest BCUT2D eigenvalue weighted by Gasteiger charge is -2.03. The van der Waals surface area contributed by atoms with Crippen LogP contribution in [0.4, 0.5) is 4.39 Å². The first kappa shape index (κ1) is 18.0. The van der Waals surface area contributed by atoms with E-state index in [1.165, 1.54) is 6.07 Å². The van der Waals surface area contributed by atoms with Crippen molar-refractivity contribution in [3.63, 3.8) is 0 Å². The fourth-order valence-electron chi connectivity index (χ4n) is 3.80. The molecule has 6 aromatic rings. The number of halogens is 1. The second kappa shape index (κ2) is 6.58. The second-order valence-corrected chi connectivity index (χ2v) is 8.36. The van der Waals surface area contributed by atoms with Crippen molar-refractivity contribution in [2.24, 2.45) is 7.05 Å². The van der Waals surface area contributed by atoms with E-state index in [4.69, 9.17) is 4.98 Å². The molecule has 7 nitrogen and oxygen atoms in total. The van der Waals surface area contributed by atoms with Crippen molar-refractivity contribution in [1.82, 2.24) is 34.7 Å². The minimum atomic E-state index is -0.212. The molecule has 6 heterocycles. The zero-order chi connectivity index (χ0) is 21.1. The third kappa shape index (κ3) is 2.77. The van der Waals surface area contributed by atoms with Crippen LogP contribution in [0.25, 0.3) is 55.3 Å². The number of thiophene rings is 1. The Balaban J connectivity index is 1.52. The number of hydrogen-bond donors (Lipinski definition) is 2. The fraction of sp³-hybridized carbons (Fsp3) is 0.0909. The van der Waals surface area contributed by atoms with E-state index < -0.39 is 0 Å². The van der Waals surface area contributed by atoms with Gasteiger partial charge in [0.1, 0.15) is 22.7 Å². The molecule has 0 radical (unpaired) electrons. The monoisotopic (exact) mass is 429 g/mol. The molecular formula is C22H16FN7S. The summed E-state index contributed by atoms with van der Waals surface area (Å²) < 4.78 is 15.6. The normalized spacial score (nSPS) is 11.7. The summed E-state index contributed by atoms with van der Waals surface area (Å²) in [7, 11) is 1.97. The van der Waals surface area contributed by atoms with E-state index in [0.717, 1.165) is 66.8 Å². The Morgan fingerprint density at radius 2 is 2.00 bits per heavy atom. The van der Waals surface area contributed by atoms with Crippen LogP contribution in [0.5, 0.6) is 0 Å². The number of aromatic amines is 2. The summed E-state index contributed by atoms with van der Waals surface area (Å²) in [5, 5.41) is 8.26. The van der Waals surface area contributed by atoms with Gasteiger partial charge in [-0.05, 0) is 43.3 Å². The highest BCUT2D eigenvalue weighted by Crippen LogP contribution is 2.35. The van der Waals surface area contributed by atoms with Crippen LogP contribution in [-0.4, -0.2) is 34.7 Å². The molecule has 0 bridgehead atoms. The van der Waals surface area contributed by atoms with E-state index in [9.17, 15) is 4.39 Å². The van der Waals surface area contributed by atoms with Crippen LogP contribution in [0.15, 0.2) is 48.8 Å². The maximum atomic E-state index is 13.6. The Kier molecular flexibility index (Phi) is 3.81. The van der Waals surface area contributed by atoms with Crippen LogP contribution >= 0.6 is 11.3 Å². The molecule has 0 spiro atoms. The Morgan fingerprint density at radius 1 is 1.10 bits per heavy atom. The lowest BCUT2D eigenvalue weighted by molar-refractivity contribution is 0.657. The van der Waals surface area contributed by atoms with E-state index in [1.54, 1.807) is 12.3 Å². The van der Waals surface area contributed by atoms with Gasteiger partial charge in [-0.1, -0.05) is 0 Å². The van der Waals surface area contributed by atoms with E-state index >= 15 is 0 Å². The molecule has 6 rings (SSSR count). The molecule has 31 heavy (non-hydrogen) atoms. The summed E-state index contributed by atoms with van der Waals surface area (Å²) in [4.78, 5) is 17.9. The quantitative estimate of drug-likeness (QED) is 0.411. The lowest BCUT2D eigenvalue weighted by atomic mass is 10.1. The third-order valence-electron chi connectivity index (χ3n) is 5.52. The van der Waals surface area contributed by atoms with Crippen LogP contribution in [0, 0.1) is 12.1 Å². The summed E-state index contributed by atoms with van der Waals surface area (Å²) >= 11 is 1.12. The molecule has 0 saturated carbocycles. The molecule has 0 fully saturated rings. The van der Waals surface area contributed by atoms with Crippen molar-refractivity contribution in [3.8, 4) is 33.2 Å². The average Bonchev–Trinajstić information content (AvgIpc) is 3.54. The predicted molar refractivity (Wildman–Crippen MR) is 119 cm³/mol. The van der Waals surface area contributed by atoms with Crippen LogP contribution < -0.4 is 0 Å². The molecule has 152 valence electrons. The maximum Gasteiger partial charge on any atom is 0.176 e. The number of imidazole rings is 1. The molecule has 0 atom stereocenters. The summed E-state index contributed by atoms with van der Waals surface area (Å²) in [6.07, 6.45) is 3.54. The molecule has 2 N–H and O–H groups in total. The molecule has 6 aromatic heterocycles. The van der Waals surface area contributed by atoms with Gasteiger partial charge in [-0.2, -0.15) is 9.49 Å². The SMILES string of the molecule is Cc1ncc(-c2ccc3[nH]nc(-c4cc5c(-c6ccc(F)s6)ccnc5[nH]4)c3n2)n1C. The highest BCUT2D eigenvalue weighted by molar-refractivity contribution is 7.14. The van der Waals surface area contributed by atoms with E-state index in [1.807, 2.05) is 49.0 Å². The Morgan fingerprint density at radius 3 is 2.77 bits per heavy atom. The topological polar surface area (TPSA) is 88.1 Å². The molecule has 0 aliphatic heterocycles. The van der Waals surface area contributed by atoms with Crippen molar-refractivity contribution in [1.29, 1.82) is 0 Å². The first-order valence-corrected chi connectivity index (χ1v) is 10.5. The van der Waals surface area contributed by atoms with Gasteiger partial charge in [0, 0.05) is 29.1 Å². The van der Waals surface area contributed by atoms with Gasteiger partial charge in [0.2, 0.25) is 0 Å². The van der Waals surface area contributed by atoms with Gasteiger partial charge in [0.25, 0.3) is 0 Å². The van der Waals surface area contributed by atoms with Gasteiger partial charge in [-0.3, -0.25) is 5.10 Å². The molecule has 0 aliphatic carbocycles. The highest BCUT2D eigenvalue weighted by atomic mass is 32.1. The number of fused-ring (bicyclic) bond motifs is 2. The predicted octanol–water partition coefficient (Wildman–Crippen LogP) is 5.08. The number of pyridine rings is 2. The third-order valence-corrected chi connectivity index (χ3v) is 6.42. The van der Waals surface area contributed by atoms with Crippen molar-refractivity contribution in [2.75, 3.05) is 0 Å². The van der Waals surface area contributed by atoms with Crippen LogP contribution in [0.2, 0.25) is 0 Å². The molecule has 0 amide bonds. The van der Waals surface area contributed by atoms with Crippen molar-refractivity contribution in [3.05, 3.63) is 59.7 Å².